The van der Waals surface area contributed by atoms with Crippen LogP contribution in [0.1, 0.15) is 30.8 Å². The summed E-state index contributed by atoms with van der Waals surface area (Å²) in [7, 11) is 0. The molecular formula is C17H16N2O3S. The first-order valence-electron chi connectivity index (χ1n) is 7.28. The Morgan fingerprint density at radius 3 is 3.09 bits per heavy atom. The molecule has 0 spiro atoms. The average molecular weight is 328 g/mol. The van der Waals surface area contributed by atoms with Gasteiger partial charge >= 0.3 is 5.63 Å². The van der Waals surface area contributed by atoms with Gasteiger partial charge in [0, 0.05) is 6.08 Å². The van der Waals surface area contributed by atoms with Crippen LogP contribution in [-0.4, -0.2) is 10.9 Å². The molecule has 0 unspecified atom stereocenters. The van der Waals surface area contributed by atoms with Crippen molar-refractivity contribution >= 4 is 27.5 Å². The largest absolute Gasteiger partial charge is 0.406 e. The summed E-state index contributed by atoms with van der Waals surface area (Å²) in [4.78, 5) is 28.9. The van der Waals surface area contributed by atoms with Crippen LogP contribution in [0.25, 0.3) is 10.2 Å². The molecule has 3 rings (SSSR count). The fourth-order valence-corrected chi connectivity index (χ4v) is 3.22. The Balaban J connectivity index is 1.75. The summed E-state index contributed by atoms with van der Waals surface area (Å²) < 4.78 is 5.25. The van der Waals surface area contributed by atoms with E-state index in [1.54, 1.807) is 13.0 Å². The lowest BCUT2D eigenvalue weighted by atomic mass is 10.2. The van der Waals surface area contributed by atoms with Crippen molar-refractivity contribution < 1.29 is 9.21 Å². The maximum Gasteiger partial charge on any atom is 0.348 e. The summed E-state index contributed by atoms with van der Waals surface area (Å²) in [6, 6.07) is -0.486. The zero-order valence-corrected chi connectivity index (χ0v) is 13.6. The van der Waals surface area contributed by atoms with Crippen LogP contribution in [0.15, 0.2) is 50.5 Å². The number of nitrogens with zero attached hydrogens (tertiary/aromatic N) is 1. The Hall–Kier alpha value is -2.47. The smallest absolute Gasteiger partial charge is 0.348 e. The van der Waals surface area contributed by atoms with Crippen LogP contribution in [0, 0.1) is 6.92 Å². The predicted molar refractivity (Wildman–Crippen MR) is 90.4 cm³/mol. The maximum atomic E-state index is 12.0. The third-order valence-corrected chi connectivity index (χ3v) is 4.52. The second kappa shape index (κ2) is 6.34. The molecule has 5 nitrogen and oxygen atoms in total. The lowest BCUT2D eigenvalue weighted by molar-refractivity contribution is -0.117. The molecule has 1 atom stereocenters. The molecule has 1 amide bonds. The highest BCUT2D eigenvalue weighted by Crippen LogP contribution is 2.22. The van der Waals surface area contributed by atoms with Gasteiger partial charge in [0.15, 0.2) is 0 Å². The van der Waals surface area contributed by atoms with E-state index < -0.39 is 11.7 Å². The van der Waals surface area contributed by atoms with Gasteiger partial charge in [-0.15, -0.1) is 11.3 Å². The zero-order valence-electron chi connectivity index (χ0n) is 12.8. The number of rotatable bonds is 4. The van der Waals surface area contributed by atoms with E-state index in [4.69, 9.17) is 4.42 Å². The van der Waals surface area contributed by atoms with Crippen molar-refractivity contribution in [2.24, 2.45) is 0 Å². The Kier molecular flexibility index (Phi) is 4.25. The van der Waals surface area contributed by atoms with Gasteiger partial charge in [0.25, 0.3) is 0 Å². The second-order valence-electron chi connectivity index (χ2n) is 5.34. The number of carbonyl (C=O) groups is 1. The number of allylic oxidation sites excluding steroid dienone is 5. The Morgan fingerprint density at radius 2 is 2.35 bits per heavy atom. The molecular weight excluding hydrogens is 312 g/mol. The maximum absolute atomic E-state index is 12.0. The average Bonchev–Trinajstić information content (AvgIpc) is 3.15. The van der Waals surface area contributed by atoms with Crippen molar-refractivity contribution in [3.8, 4) is 0 Å². The summed E-state index contributed by atoms with van der Waals surface area (Å²) in [5.41, 5.74) is 1.45. The number of nitrogens with one attached hydrogen (secondary N) is 1. The van der Waals surface area contributed by atoms with Crippen molar-refractivity contribution in [1.29, 1.82) is 0 Å². The van der Waals surface area contributed by atoms with Crippen LogP contribution in [0.5, 0.6) is 0 Å². The van der Waals surface area contributed by atoms with E-state index in [1.807, 2.05) is 30.5 Å². The zero-order chi connectivity index (χ0) is 16.4. The highest BCUT2D eigenvalue weighted by molar-refractivity contribution is 7.16. The van der Waals surface area contributed by atoms with Crippen LogP contribution >= 0.6 is 11.3 Å². The highest BCUT2D eigenvalue weighted by atomic mass is 32.1. The normalized spacial score (nSPS) is 15.3. The molecule has 0 saturated heterocycles. The van der Waals surface area contributed by atoms with E-state index >= 15 is 0 Å². The van der Waals surface area contributed by atoms with E-state index in [0.717, 1.165) is 17.6 Å². The minimum absolute atomic E-state index is 0.214. The molecule has 0 bridgehead atoms. The molecule has 1 N–H and O–H groups in total. The lowest BCUT2D eigenvalue weighted by Gasteiger charge is -2.10. The molecule has 0 aliphatic heterocycles. The molecule has 0 fully saturated rings. The van der Waals surface area contributed by atoms with Gasteiger partial charge in [-0.3, -0.25) is 4.79 Å². The summed E-state index contributed by atoms with van der Waals surface area (Å²) in [6.45, 7) is 3.58. The third-order valence-electron chi connectivity index (χ3n) is 3.52. The van der Waals surface area contributed by atoms with Crippen molar-refractivity contribution in [2.45, 2.75) is 26.3 Å². The van der Waals surface area contributed by atoms with Crippen LogP contribution < -0.4 is 10.9 Å². The van der Waals surface area contributed by atoms with Crippen LogP contribution in [0.4, 0.5) is 0 Å². The van der Waals surface area contributed by atoms with Gasteiger partial charge in [-0.05, 0) is 42.9 Å². The van der Waals surface area contributed by atoms with Gasteiger partial charge in [-0.1, -0.05) is 18.2 Å². The first kappa shape index (κ1) is 15.4. The van der Waals surface area contributed by atoms with Crippen molar-refractivity contribution in [3.63, 3.8) is 0 Å². The molecule has 118 valence electrons. The first-order chi connectivity index (χ1) is 11.0. The molecule has 2 aromatic rings. The monoisotopic (exact) mass is 328 g/mol. The first-order valence-corrected chi connectivity index (χ1v) is 8.16. The molecule has 2 aromatic heterocycles. The fraction of sp³-hybridized carbons (Fsp3) is 0.235. The third kappa shape index (κ3) is 3.32. The standard InChI is InChI=1S/C17H16N2O3S/c1-10-9-23-16-14(10)17(21)22-15(19-16)11(2)18-13(20)8-7-12-5-3-4-6-12/h3,5-9,11H,4H2,1-2H3,(H,18,20)/b8-7+/t11-/m0/s1. The lowest BCUT2D eigenvalue weighted by Crippen LogP contribution is -2.26. The van der Waals surface area contributed by atoms with Gasteiger partial charge < -0.3 is 9.73 Å². The summed E-state index contributed by atoms with van der Waals surface area (Å²) >= 11 is 1.39. The topological polar surface area (TPSA) is 72.2 Å². The molecule has 1 aliphatic rings. The van der Waals surface area contributed by atoms with Gasteiger partial charge in [0.2, 0.25) is 11.8 Å². The van der Waals surface area contributed by atoms with Crippen molar-refractivity contribution in [3.05, 3.63) is 63.2 Å². The minimum Gasteiger partial charge on any atom is -0.406 e. The number of fused-ring (bicyclic) bond motifs is 1. The molecule has 0 aromatic carbocycles. The molecule has 2 heterocycles. The molecule has 0 saturated carbocycles. The number of carbonyl (C=O) groups excluding carboxylic acids is 1. The van der Waals surface area contributed by atoms with E-state index in [1.165, 1.54) is 17.4 Å². The Labute approximate surface area is 137 Å². The van der Waals surface area contributed by atoms with E-state index in [2.05, 4.69) is 10.3 Å². The molecule has 6 heteroatoms. The van der Waals surface area contributed by atoms with E-state index in [-0.39, 0.29) is 11.8 Å². The number of aryl methyl sites for hydroxylation is 1. The fourth-order valence-electron chi connectivity index (χ4n) is 2.31. The van der Waals surface area contributed by atoms with Gasteiger partial charge in [-0.2, -0.15) is 0 Å². The Bertz CT molecular complexity index is 902. The number of aromatic nitrogens is 1. The molecule has 23 heavy (non-hydrogen) atoms. The molecule has 1 aliphatic carbocycles. The number of amides is 1. The molecule has 0 radical (unpaired) electrons. The second-order valence-corrected chi connectivity index (χ2v) is 6.20. The van der Waals surface area contributed by atoms with E-state index in [0.29, 0.717) is 10.2 Å². The van der Waals surface area contributed by atoms with Gasteiger partial charge in [-0.25, -0.2) is 9.78 Å². The highest BCUT2D eigenvalue weighted by Gasteiger charge is 2.16. The SMILES string of the molecule is Cc1csc2nc([C@H](C)NC(=O)/C=C/C3=CCC=C3)oc(=O)c12. The summed E-state index contributed by atoms with van der Waals surface area (Å²) in [5, 5.41) is 5.13. The van der Waals surface area contributed by atoms with Crippen LogP contribution in [0.2, 0.25) is 0 Å². The summed E-state index contributed by atoms with van der Waals surface area (Å²) in [5.74, 6) is -0.0447. The number of hydrogen-bond donors (Lipinski definition) is 1. The predicted octanol–water partition coefficient (Wildman–Crippen LogP) is 3.18. The minimum atomic E-state index is -0.486. The van der Waals surface area contributed by atoms with E-state index in [9.17, 15) is 9.59 Å². The number of thiophene rings is 1. The quantitative estimate of drug-likeness (QED) is 0.875. The Morgan fingerprint density at radius 1 is 1.52 bits per heavy atom. The van der Waals surface area contributed by atoms with Crippen LogP contribution in [0.3, 0.4) is 0 Å². The summed E-state index contributed by atoms with van der Waals surface area (Å²) in [6.07, 6.45) is 10.1. The van der Waals surface area contributed by atoms with Crippen molar-refractivity contribution in [1.82, 2.24) is 10.3 Å². The van der Waals surface area contributed by atoms with Gasteiger partial charge in [0.1, 0.15) is 10.9 Å². The number of hydrogen-bond acceptors (Lipinski definition) is 5. The van der Waals surface area contributed by atoms with Gasteiger partial charge in [0.05, 0.1) is 5.39 Å². The van der Waals surface area contributed by atoms with Crippen molar-refractivity contribution in [2.75, 3.05) is 0 Å². The van der Waals surface area contributed by atoms with Crippen LogP contribution in [-0.2, 0) is 4.79 Å².